The van der Waals surface area contributed by atoms with Gasteiger partial charge in [0.15, 0.2) is 0 Å². The third-order valence-electron chi connectivity index (χ3n) is 4.87. The van der Waals surface area contributed by atoms with Crippen LogP contribution in [0, 0.1) is 12.8 Å². The highest BCUT2D eigenvalue weighted by molar-refractivity contribution is 6.30. The lowest BCUT2D eigenvalue weighted by atomic mass is 9.87. The minimum absolute atomic E-state index is 0.232. The number of aromatic nitrogens is 2. The Balaban J connectivity index is 1.85. The topological polar surface area (TPSA) is 84.1 Å². The first-order chi connectivity index (χ1) is 13.2. The van der Waals surface area contributed by atoms with E-state index in [9.17, 15) is 13.6 Å². The summed E-state index contributed by atoms with van der Waals surface area (Å²) in [5.74, 6) is -3.58. The molecule has 2 unspecified atom stereocenters. The third kappa shape index (κ3) is 4.49. The fourth-order valence-corrected chi connectivity index (χ4v) is 3.59. The Bertz CT molecular complexity index is 862. The van der Waals surface area contributed by atoms with Crippen LogP contribution < -0.4 is 11.1 Å². The van der Waals surface area contributed by atoms with E-state index in [2.05, 4.69) is 15.3 Å². The summed E-state index contributed by atoms with van der Waals surface area (Å²) < 4.78 is 28.5. The molecule has 3 rings (SSSR count). The highest BCUT2D eigenvalue weighted by Crippen LogP contribution is 2.35. The van der Waals surface area contributed by atoms with E-state index < -0.39 is 30.3 Å². The van der Waals surface area contributed by atoms with Crippen molar-refractivity contribution in [2.75, 3.05) is 24.1 Å². The van der Waals surface area contributed by atoms with Crippen molar-refractivity contribution in [3.8, 4) is 0 Å². The van der Waals surface area contributed by atoms with Crippen LogP contribution in [0.4, 0.5) is 20.4 Å². The summed E-state index contributed by atoms with van der Waals surface area (Å²) in [5.41, 5.74) is 7.28. The molecule has 1 saturated heterocycles. The van der Waals surface area contributed by atoms with Crippen LogP contribution in [0.1, 0.15) is 29.3 Å². The van der Waals surface area contributed by atoms with E-state index >= 15 is 0 Å². The number of nitrogens with two attached hydrogens (primary N) is 1. The smallest absolute Gasteiger partial charge is 0.265 e. The Morgan fingerprint density at radius 3 is 2.75 bits per heavy atom. The van der Waals surface area contributed by atoms with E-state index in [4.69, 9.17) is 17.3 Å². The van der Waals surface area contributed by atoms with Crippen LogP contribution in [0.2, 0.25) is 5.02 Å². The molecule has 2 atom stereocenters. The number of nitrogen functional groups attached to an aromatic ring is 1. The molecule has 0 saturated carbocycles. The number of carbonyl (C=O) groups excluding carboxylic acids is 1. The van der Waals surface area contributed by atoms with Gasteiger partial charge in [-0.1, -0.05) is 30.2 Å². The van der Waals surface area contributed by atoms with Gasteiger partial charge in [-0.2, -0.15) is 0 Å². The van der Waals surface area contributed by atoms with Crippen LogP contribution in [-0.4, -0.2) is 45.8 Å². The number of nitrogens with one attached hydrogen (secondary N) is 1. The lowest BCUT2D eigenvalue weighted by molar-refractivity contribution is -0.0897. The maximum atomic E-state index is 14.3. The number of piperidine rings is 1. The molecule has 2 aromatic rings. The fraction of sp³-hybridized carbons (Fsp3) is 0.421. The third-order valence-corrected chi connectivity index (χ3v) is 5.06. The maximum absolute atomic E-state index is 14.3. The number of hydrogen-bond donors (Lipinski definition) is 2. The normalized spacial score (nSPS) is 21.4. The second kappa shape index (κ2) is 7.87. The maximum Gasteiger partial charge on any atom is 0.265 e. The number of alkyl halides is 2. The van der Waals surface area contributed by atoms with Gasteiger partial charge >= 0.3 is 0 Å². The fourth-order valence-electron chi connectivity index (χ4n) is 3.49. The summed E-state index contributed by atoms with van der Waals surface area (Å²) in [4.78, 5) is 22.4. The number of nitrogens with zero attached hydrogens (tertiary/aromatic N) is 3. The van der Waals surface area contributed by atoms with Gasteiger partial charge in [0.25, 0.3) is 11.8 Å². The molecule has 3 N–H and O–H groups in total. The Morgan fingerprint density at radius 2 is 2.07 bits per heavy atom. The standard InChI is InChI=1S/C19H22ClF2N5O/c1-11-3-4-15(23)14(5-11)17(28)27-10-19(21,22)6-12(2)16(27)9-26-18-24-7-13(20)8-25-18/h3-5,7-8,12,16H,6,9-10,23H2,1-2H3,(H,24,25,26). The summed E-state index contributed by atoms with van der Waals surface area (Å²) in [6.07, 6.45) is 2.57. The number of carbonyl (C=O) groups is 1. The average molecular weight is 410 g/mol. The van der Waals surface area contributed by atoms with Crippen LogP contribution in [0.15, 0.2) is 30.6 Å². The van der Waals surface area contributed by atoms with Crippen molar-refractivity contribution in [1.82, 2.24) is 14.9 Å². The Kier molecular flexibility index (Phi) is 5.69. The van der Waals surface area contributed by atoms with E-state index in [1.165, 1.54) is 17.3 Å². The minimum atomic E-state index is -2.96. The number of likely N-dealkylation sites (tertiary alicyclic amines) is 1. The molecule has 0 aliphatic carbocycles. The number of benzene rings is 1. The number of rotatable bonds is 4. The van der Waals surface area contributed by atoms with E-state index in [1.54, 1.807) is 25.1 Å². The van der Waals surface area contributed by atoms with Crippen molar-refractivity contribution >= 4 is 29.1 Å². The summed E-state index contributed by atoms with van der Waals surface area (Å²) in [5, 5.41) is 3.40. The van der Waals surface area contributed by atoms with Crippen molar-refractivity contribution < 1.29 is 13.6 Å². The average Bonchev–Trinajstić information content (AvgIpc) is 2.62. The molecule has 9 heteroatoms. The Hall–Kier alpha value is -2.48. The monoisotopic (exact) mass is 409 g/mol. The molecule has 6 nitrogen and oxygen atoms in total. The molecule has 0 bridgehead atoms. The first-order valence-corrected chi connectivity index (χ1v) is 9.30. The molecule has 1 amide bonds. The van der Waals surface area contributed by atoms with Gasteiger partial charge in [-0.25, -0.2) is 18.7 Å². The highest BCUT2D eigenvalue weighted by Gasteiger charge is 2.46. The number of aryl methyl sites for hydroxylation is 1. The zero-order valence-corrected chi connectivity index (χ0v) is 16.4. The van der Waals surface area contributed by atoms with Gasteiger partial charge in [0.2, 0.25) is 5.95 Å². The van der Waals surface area contributed by atoms with E-state index in [0.717, 1.165) is 5.56 Å². The van der Waals surface area contributed by atoms with Crippen LogP contribution in [0.3, 0.4) is 0 Å². The van der Waals surface area contributed by atoms with Gasteiger partial charge in [-0.3, -0.25) is 4.79 Å². The molecular formula is C19H22ClF2N5O. The van der Waals surface area contributed by atoms with Crippen molar-refractivity contribution in [1.29, 1.82) is 0 Å². The number of anilines is 2. The first-order valence-electron chi connectivity index (χ1n) is 8.92. The van der Waals surface area contributed by atoms with Gasteiger partial charge in [0, 0.05) is 18.7 Å². The van der Waals surface area contributed by atoms with Gasteiger partial charge < -0.3 is 16.0 Å². The molecule has 150 valence electrons. The highest BCUT2D eigenvalue weighted by atomic mass is 35.5. The lowest BCUT2D eigenvalue weighted by Gasteiger charge is -2.43. The molecule has 1 aliphatic heterocycles. The van der Waals surface area contributed by atoms with Crippen molar-refractivity contribution in [2.45, 2.75) is 32.2 Å². The molecule has 0 radical (unpaired) electrons. The van der Waals surface area contributed by atoms with Crippen molar-refractivity contribution in [3.05, 3.63) is 46.7 Å². The molecule has 1 aromatic heterocycles. The van der Waals surface area contributed by atoms with Crippen LogP contribution in [0.5, 0.6) is 0 Å². The van der Waals surface area contributed by atoms with Crippen LogP contribution in [-0.2, 0) is 0 Å². The second-order valence-corrected chi connectivity index (χ2v) is 7.67. The van der Waals surface area contributed by atoms with E-state index in [0.29, 0.717) is 11.0 Å². The van der Waals surface area contributed by atoms with Gasteiger partial charge in [0.05, 0.1) is 35.6 Å². The molecule has 1 aliphatic rings. The molecular weight excluding hydrogens is 388 g/mol. The summed E-state index contributed by atoms with van der Waals surface area (Å²) in [6.45, 7) is 3.11. The SMILES string of the molecule is Cc1ccc(N)c(C(=O)N2CC(F)(F)CC(C)C2CNc2ncc(Cl)cn2)c1. The number of hydrogen-bond acceptors (Lipinski definition) is 5. The van der Waals surface area contributed by atoms with Crippen LogP contribution >= 0.6 is 11.6 Å². The zero-order valence-electron chi connectivity index (χ0n) is 15.6. The van der Waals surface area contributed by atoms with E-state index in [1.807, 2.05) is 6.92 Å². The zero-order chi connectivity index (χ0) is 20.5. The van der Waals surface area contributed by atoms with Gasteiger partial charge in [-0.05, 0) is 25.0 Å². The Morgan fingerprint density at radius 1 is 1.39 bits per heavy atom. The second-order valence-electron chi connectivity index (χ2n) is 7.23. The number of amides is 1. The molecule has 1 fully saturated rings. The molecule has 2 heterocycles. The number of halogens is 3. The first kappa shape index (κ1) is 20.3. The minimum Gasteiger partial charge on any atom is -0.398 e. The van der Waals surface area contributed by atoms with E-state index in [-0.39, 0.29) is 24.2 Å². The predicted octanol–water partition coefficient (Wildman–Crippen LogP) is 3.62. The molecule has 0 spiro atoms. The largest absolute Gasteiger partial charge is 0.398 e. The van der Waals surface area contributed by atoms with Crippen LogP contribution in [0.25, 0.3) is 0 Å². The van der Waals surface area contributed by atoms with Gasteiger partial charge in [-0.15, -0.1) is 0 Å². The summed E-state index contributed by atoms with van der Waals surface area (Å²) in [6, 6.07) is 4.55. The lowest BCUT2D eigenvalue weighted by Crippen LogP contribution is -2.57. The summed E-state index contributed by atoms with van der Waals surface area (Å²) in [7, 11) is 0. The predicted molar refractivity (Wildman–Crippen MR) is 105 cm³/mol. The van der Waals surface area contributed by atoms with Crippen molar-refractivity contribution in [2.24, 2.45) is 5.92 Å². The molecule has 1 aromatic carbocycles. The Labute approximate surface area is 167 Å². The quantitative estimate of drug-likeness (QED) is 0.753. The summed E-state index contributed by atoms with van der Waals surface area (Å²) >= 11 is 5.77. The molecule has 28 heavy (non-hydrogen) atoms. The van der Waals surface area contributed by atoms with Crippen molar-refractivity contribution in [3.63, 3.8) is 0 Å². The van der Waals surface area contributed by atoms with Gasteiger partial charge in [0.1, 0.15) is 0 Å².